The van der Waals surface area contributed by atoms with Crippen molar-refractivity contribution in [2.75, 3.05) is 11.5 Å². The third-order valence-corrected chi connectivity index (χ3v) is 7.27. The third-order valence-electron chi connectivity index (χ3n) is 4.94. The summed E-state index contributed by atoms with van der Waals surface area (Å²) in [7, 11) is -3.04. The lowest BCUT2D eigenvalue weighted by Gasteiger charge is -2.33. The molecule has 0 N–H and O–H groups in total. The van der Waals surface area contributed by atoms with Crippen molar-refractivity contribution in [2.45, 2.75) is 44.2 Å². The van der Waals surface area contributed by atoms with Gasteiger partial charge in [0.25, 0.3) is 0 Å². The molecule has 0 bridgehead atoms. The van der Waals surface area contributed by atoms with E-state index in [0.29, 0.717) is 22.0 Å². The fraction of sp³-hybridized carbons (Fsp3) is 0.500. The quantitative estimate of drug-likeness (QED) is 0.717. The van der Waals surface area contributed by atoms with Crippen LogP contribution >= 0.6 is 23.2 Å². The van der Waals surface area contributed by atoms with Crippen molar-refractivity contribution in [2.24, 2.45) is 0 Å². The Morgan fingerprint density at radius 2 is 1.84 bits per heavy atom. The normalized spacial score (nSPS) is 23.4. The summed E-state index contributed by atoms with van der Waals surface area (Å²) in [4.78, 5) is 14.7. The molecule has 1 aromatic carbocycles. The third kappa shape index (κ3) is 4.57. The summed E-state index contributed by atoms with van der Waals surface area (Å²) < 4.78 is 23.7. The van der Waals surface area contributed by atoms with E-state index in [1.165, 1.54) is 6.08 Å². The molecule has 2 aliphatic rings. The first-order valence-electron chi connectivity index (χ1n) is 8.51. The number of nitrogens with zero attached hydrogens (tertiary/aromatic N) is 1. The molecule has 1 aromatic rings. The number of rotatable bonds is 4. The van der Waals surface area contributed by atoms with E-state index in [1.54, 1.807) is 29.2 Å². The highest BCUT2D eigenvalue weighted by Gasteiger charge is 2.38. The number of carbonyl (C=O) groups is 1. The van der Waals surface area contributed by atoms with Gasteiger partial charge in [-0.25, -0.2) is 8.42 Å². The van der Waals surface area contributed by atoms with Crippen LogP contribution in [0.1, 0.15) is 37.7 Å². The number of amides is 1. The summed E-state index contributed by atoms with van der Waals surface area (Å²) >= 11 is 12.1. The minimum Gasteiger partial charge on any atom is -0.332 e. The van der Waals surface area contributed by atoms with Crippen LogP contribution in [-0.4, -0.2) is 42.8 Å². The van der Waals surface area contributed by atoms with E-state index in [2.05, 4.69) is 0 Å². The predicted molar refractivity (Wildman–Crippen MR) is 102 cm³/mol. The van der Waals surface area contributed by atoms with Crippen LogP contribution in [0.3, 0.4) is 0 Å². The van der Waals surface area contributed by atoms with Crippen molar-refractivity contribution in [3.05, 3.63) is 39.9 Å². The monoisotopic (exact) mass is 401 g/mol. The number of benzene rings is 1. The van der Waals surface area contributed by atoms with Gasteiger partial charge < -0.3 is 4.90 Å². The second-order valence-electron chi connectivity index (χ2n) is 6.74. The molecule has 7 heteroatoms. The lowest BCUT2D eigenvalue weighted by Crippen LogP contribution is -2.46. The molecule has 0 unspecified atom stereocenters. The van der Waals surface area contributed by atoms with Crippen molar-refractivity contribution < 1.29 is 13.2 Å². The minimum absolute atomic E-state index is 0.0704. The van der Waals surface area contributed by atoms with Crippen molar-refractivity contribution in [1.29, 1.82) is 0 Å². The first-order chi connectivity index (χ1) is 11.9. The summed E-state index contributed by atoms with van der Waals surface area (Å²) in [5.74, 6) is 0.0870. The van der Waals surface area contributed by atoms with Crippen LogP contribution in [0.2, 0.25) is 10.0 Å². The maximum Gasteiger partial charge on any atom is 0.247 e. The molecule has 25 heavy (non-hydrogen) atoms. The first kappa shape index (κ1) is 18.7. The van der Waals surface area contributed by atoms with Gasteiger partial charge in [0.1, 0.15) is 0 Å². The first-order valence-corrected chi connectivity index (χ1v) is 11.1. The highest BCUT2D eigenvalue weighted by atomic mass is 35.5. The number of carbonyl (C=O) groups excluding carboxylic acids is 1. The number of sulfone groups is 1. The van der Waals surface area contributed by atoms with Crippen LogP contribution in [0.4, 0.5) is 0 Å². The molecule has 1 saturated heterocycles. The fourth-order valence-corrected chi connectivity index (χ4v) is 5.80. The smallest absolute Gasteiger partial charge is 0.247 e. The van der Waals surface area contributed by atoms with E-state index >= 15 is 0 Å². The largest absolute Gasteiger partial charge is 0.332 e. The Morgan fingerprint density at radius 1 is 1.12 bits per heavy atom. The van der Waals surface area contributed by atoms with Crippen LogP contribution in [-0.2, 0) is 14.6 Å². The molecule has 0 radical (unpaired) electrons. The zero-order chi connectivity index (χ0) is 18.0. The molecule has 1 aliphatic heterocycles. The molecule has 1 saturated carbocycles. The maximum atomic E-state index is 12.9. The van der Waals surface area contributed by atoms with E-state index in [1.807, 2.05) is 0 Å². The molecule has 1 atom stereocenters. The van der Waals surface area contributed by atoms with Gasteiger partial charge in [-0.2, -0.15) is 0 Å². The second kappa shape index (κ2) is 7.68. The molecule has 2 fully saturated rings. The van der Waals surface area contributed by atoms with Crippen molar-refractivity contribution in [3.63, 3.8) is 0 Å². The second-order valence-corrected chi connectivity index (χ2v) is 9.81. The average Bonchev–Trinajstić information content (AvgIpc) is 3.19. The van der Waals surface area contributed by atoms with Gasteiger partial charge in [0.15, 0.2) is 9.84 Å². The van der Waals surface area contributed by atoms with Gasteiger partial charge in [-0.15, -0.1) is 0 Å². The van der Waals surface area contributed by atoms with Crippen LogP contribution in [0.15, 0.2) is 24.3 Å². The highest BCUT2D eigenvalue weighted by Crippen LogP contribution is 2.30. The number of halogens is 2. The molecule has 4 nitrogen and oxygen atoms in total. The van der Waals surface area contributed by atoms with Gasteiger partial charge in [-0.1, -0.05) is 36.0 Å². The summed E-state index contributed by atoms with van der Waals surface area (Å²) in [6, 6.07) is 4.99. The number of hydrogen-bond acceptors (Lipinski definition) is 3. The highest BCUT2D eigenvalue weighted by molar-refractivity contribution is 7.91. The molecule has 1 aliphatic carbocycles. The van der Waals surface area contributed by atoms with Crippen molar-refractivity contribution in [3.8, 4) is 0 Å². The predicted octanol–water partition coefficient (Wildman–Crippen LogP) is 3.96. The summed E-state index contributed by atoms with van der Waals surface area (Å²) in [5.41, 5.74) is 0.674. The lowest BCUT2D eigenvalue weighted by atomic mass is 10.1. The number of hydrogen-bond donors (Lipinski definition) is 0. The zero-order valence-corrected chi connectivity index (χ0v) is 16.2. The summed E-state index contributed by atoms with van der Waals surface area (Å²) in [6.45, 7) is 0. The molecular formula is C18H21Cl2NO3S. The van der Waals surface area contributed by atoms with Crippen LogP contribution in [0, 0.1) is 0 Å². The van der Waals surface area contributed by atoms with Crippen LogP contribution < -0.4 is 0 Å². The SMILES string of the molecule is O=C(/C=C/c1cc(Cl)ccc1Cl)N(C1CCCC1)[C@@H]1CCS(=O)(=O)C1. The molecule has 1 heterocycles. The molecule has 3 rings (SSSR count). The average molecular weight is 402 g/mol. The van der Waals surface area contributed by atoms with Crippen molar-refractivity contribution >= 4 is 45.0 Å². The van der Waals surface area contributed by atoms with Gasteiger partial charge >= 0.3 is 0 Å². The van der Waals surface area contributed by atoms with E-state index in [0.717, 1.165) is 25.7 Å². The van der Waals surface area contributed by atoms with Crippen LogP contribution in [0.5, 0.6) is 0 Å². The molecule has 0 aromatic heterocycles. The fourth-order valence-electron chi connectivity index (χ4n) is 3.72. The Morgan fingerprint density at radius 3 is 2.48 bits per heavy atom. The van der Waals surface area contributed by atoms with Gasteiger partial charge in [0, 0.05) is 28.2 Å². The Hall–Kier alpha value is -1.04. The Kier molecular flexibility index (Phi) is 5.76. The summed E-state index contributed by atoms with van der Waals surface area (Å²) in [5, 5.41) is 1.07. The van der Waals surface area contributed by atoms with E-state index in [-0.39, 0.29) is 29.5 Å². The zero-order valence-electron chi connectivity index (χ0n) is 13.8. The topological polar surface area (TPSA) is 54.5 Å². The molecular weight excluding hydrogens is 381 g/mol. The van der Waals surface area contributed by atoms with Crippen molar-refractivity contribution in [1.82, 2.24) is 4.90 Å². The lowest BCUT2D eigenvalue weighted by molar-refractivity contribution is -0.130. The Bertz CT molecular complexity index is 786. The van der Waals surface area contributed by atoms with E-state index in [9.17, 15) is 13.2 Å². The maximum absolute atomic E-state index is 12.9. The Labute approximate surface area is 158 Å². The van der Waals surface area contributed by atoms with Crippen LogP contribution in [0.25, 0.3) is 6.08 Å². The molecule has 136 valence electrons. The molecule has 0 spiro atoms. The van der Waals surface area contributed by atoms with E-state index < -0.39 is 9.84 Å². The minimum atomic E-state index is -3.04. The standard InChI is InChI=1S/C18H21Cl2NO3S/c19-14-6-7-17(20)13(11-14)5-8-18(22)21(15-3-1-2-4-15)16-9-10-25(23,24)12-16/h5-8,11,15-16H,1-4,9-10,12H2/b8-5+/t16-/m1/s1. The van der Waals surface area contributed by atoms with Gasteiger partial charge in [0.05, 0.1) is 11.5 Å². The summed E-state index contributed by atoms with van der Waals surface area (Å²) in [6.07, 6.45) is 7.71. The molecule has 1 amide bonds. The van der Waals surface area contributed by atoms with E-state index in [4.69, 9.17) is 23.2 Å². The Balaban J connectivity index is 1.81. The van der Waals surface area contributed by atoms with Gasteiger partial charge in [0.2, 0.25) is 5.91 Å². The van der Waals surface area contributed by atoms with Gasteiger partial charge in [-0.05, 0) is 49.1 Å². The van der Waals surface area contributed by atoms with Gasteiger partial charge in [-0.3, -0.25) is 4.79 Å².